The van der Waals surface area contributed by atoms with Crippen LogP contribution >= 0.6 is 11.6 Å². The van der Waals surface area contributed by atoms with Gasteiger partial charge in [0, 0.05) is 82.4 Å². The summed E-state index contributed by atoms with van der Waals surface area (Å²) in [7, 11) is 0. The molecule has 0 bridgehead atoms. The van der Waals surface area contributed by atoms with Gasteiger partial charge in [-0.2, -0.15) is 10.2 Å². The molecule has 10 rings (SSSR count). The number of Topliss-reactive ketones (excluding diaryl/α,β-unsaturated/α-hetero) is 2. The smallest absolute Gasteiger partial charge is 0.300 e. The minimum Gasteiger partial charge on any atom is -0.384 e. The first-order chi connectivity index (χ1) is 53.5. The Balaban J connectivity index is 0.000000244. The Morgan fingerprint density at radius 3 is 1.15 bits per heavy atom. The summed E-state index contributed by atoms with van der Waals surface area (Å²) in [5, 5.41) is 55.2. The Morgan fingerprint density at radius 1 is 0.468 bits per heavy atom. The molecule has 37 heteroatoms. The summed E-state index contributed by atoms with van der Waals surface area (Å²) >= 11 is 5.69. The molecule has 8 aromatic rings. The minimum absolute atomic E-state index is 0.0671. The first-order valence-electron chi connectivity index (χ1n) is 36.7. The molecule has 4 aromatic carbocycles. The van der Waals surface area contributed by atoms with E-state index in [9.17, 15) is 39.4 Å². The lowest BCUT2D eigenvalue weighted by Gasteiger charge is -2.29. The number of hydrogen-bond acceptors (Lipinski definition) is 30. The average molecular weight is 1570 g/mol. The highest BCUT2D eigenvalue weighted by atomic mass is 35.5. The number of anilines is 3. The van der Waals surface area contributed by atoms with Crippen LogP contribution in [0, 0.1) is 44.9 Å². The van der Waals surface area contributed by atoms with Crippen molar-refractivity contribution >= 4 is 85.5 Å². The zero-order valence-electron chi connectivity index (χ0n) is 63.6. The summed E-state index contributed by atoms with van der Waals surface area (Å²) in [4.78, 5) is 70.4. The number of primary amides is 2. The Bertz CT molecular complexity index is 4350. The number of fused-ring (bicyclic) bond motifs is 4. The van der Waals surface area contributed by atoms with Crippen molar-refractivity contribution < 1.29 is 85.7 Å². The third-order valence-electron chi connectivity index (χ3n) is 17.4. The molecular weight excluding hydrogens is 1470 g/mol. The number of carbonyl (C=O) groups is 4. The van der Waals surface area contributed by atoms with Crippen LogP contribution in [0.3, 0.4) is 0 Å². The monoisotopic (exact) mass is 1570 g/mol. The lowest BCUT2D eigenvalue weighted by molar-refractivity contribution is -0.383. The maximum absolute atomic E-state index is 12.9. The minimum atomic E-state index is -0.567. The molecule has 4 aromatic heterocycles. The van der Waals surface area contributed by atoms with Crippen molar-refractivity contribution in [3.05, 3.63) is 131 Å². The molecule has 2 aliphatic rings. The molecule has 604 valence electrons. The van der Waals surface area contributed by atoms with Crippen LogP contribution in [-0.4, -0.2) is 232 Å². The van der Waals surface area contributed by atoms with Gasteiger partial charge < -0.3 is 80.5 Å². The van der Waals surface area contributed by atoms with Gasteiger partial charge in [-0.25, -0.2) is 18.6 Å². The molecule has 0 atom stereocenters. The van der Waals surface area contributed by atoms with Gasteiger partial charge in [0.1, 0.15) is 0 Å². The Kier molecular flexibility index (Phi) is 34.9. The van der Waals surface area contributed by atoms with Crippen molar-refractivity contribution in [2.24, 2.45) is 28.0 Å². The molecule has 0 unspecified atom stereocenters. The molecule has 0 saturated carbocycles. The molecule has 0 aliphatic heterocycles. The summed E-state index contributed by atoms with van der Waals surface area (Å²) in [5.74, 6) is -0.814. The van der Waals surface area contributed by atoms with Gasteiger partial charge in [0.25, 0.3) is 11.8 Å². The van der Waals surface area contributed by atoms with E-state index >= 15 is 0 Å². The van der Waals surface area contributed by atoms with Crippen LogP contribution in [0.5, 0.6) is 0 Å². The van der Waals surface area contributed by atoms with E-state index < -0.39 is 21.7 Å². The van der Waals surface area contributed by atoms with Crippen molar-refractivity contribution in [3.63, 3.8) is 0 Å². The summed E-state index contributed by atoms with van der Waals surface area (Å²) < 4.78 is 68.0. The van der Waals surface area contributed by atoms with E-state index in [4.69, 9.17) is 76.2 Å². The predicted molar refractivity (Wildman–Crippen MR) is 410 cm³/mol. The molecule has 0 spiro atoms. The lowest BCUT2D eigenvalue weighted by Crippen LogP contribution is -2.28. The van der Waals surface area contributed by atoms with Gasteiger partial charge in [-0.05, 0) is 139 Å². The van der Waals surface area contributed by atoms with Crippen molar-refractivity contribution in [2.45, 2.75) is 92.9 Å². The van der Waals surface area contributed by atoms with E-state index in [-0.39, 0.29) is 55.3 Å². The summed E-state index contributed by atoms with van der Waals surface area (Å²) in [6.45, 7) is 24.3. The number of benzene rings is 4. The van der Waals surface area contributed by atoms with Gasteiger partial charge in [0.05, 0.1) is 183 Å². The number of nitro groups is 2. The molecule has 2 aliphatic carbocycles. The summed E-state index contributed by atoms with van der Waals surface area (Å²) in [5.41, 5.74) is 25.6. The van der Waals surface area contributed by atoms with Crippen LogP contribution in [-0.2, 0) is 60.2 Å². The van der Waals surface area contributed by atoms with Crippen molar-refractivity contribution in [1.29, 1.82) is 0 Å². The molecule has 36 nitrogen and oxygen atoms in total. The van der Waals surface area contributed by atoms with Crippen LogP contribution in [0.25, 0.3) is 33.4 Å². The second-order valence-corrected chi connectivity index (χ2v) is 27.9. The number of carbonyl (C=O) groups excluding carboxylic acids is 4. The fourth-order valence-electron chi connectivity index (χ4n) is 12.2. The van der Waals surface area contributed by atoms with Crippen LogP contribution in [0.2, 0.25) is 5.02 Å². The molecule has 0 saturated heterocycles. The number of nitrogens with one attached hydrogen (secondary N) is 3. The Labute approximate surface area is 646 Å². The molecule has 0 radical (unpaired) electrons. The number of halogens is 1. The number of ketones is 2. The van der Waals surface area contributed by atoms with Gasteiger partial charge in [0.2, 0.25) is 11.0 Å². The van der Waals surface area contributed by atoms with Crippen molar-refractivity contribution in [2.75, 3.05) is 174 Å². The van der Waals surface area contributed by atoms with Crippen LogP contribution in [0.15, 0.2) is 69.9 Å². The van der Waals surface area contributed by atoms with Crippen LogP contribution in [0.4, 0.5) is 28.4 Å². The highest BCUT2D eigenvalue weighted by Gasteiger charge is 2.38. The zero-order valence-corrected chi connectivity index (χ0v) is 64.4. The fourth-order valence-corrected chi connectivity index (χ4v) is 12.4. The highest BCUT2D eigenvalue weighted by Crippen LogP contribution is 2.40. The molecule has 4 heterocycles. The first kappa shape index (κ1) is 87.0. The highest BCUT2D eigenvalue weighted by molar-refractivity contribution is 6.35. The van der Waals surface area contributed by atoms with Crippen LogP contribution in [0.1, 0.15) is 130 Å². The van der Waals surface area contributed by atoms with Crippen molar-refractivity contribution in [1.82, 2.24) is 40.2 Å². The van der Waals surface area contributed by atoms with Gasteiger partial charge in [-0.3, -0.25) is 39.4 Å². The predicted octanol–water partition coefficient (Wildman–Crippen LogP) is 8.72. The number of aryl methyl sites for hydroxylation is 2. The number of nitrogens with zero attached hydrogens (tertiary/aromatic N) is 10. The third-order valence-corrected chi connectivity index (χ3v) is 17.7. The first-order valence-corrected chi connectivity index (χ1v) is 37.1. The maximum Gasteiger partial charge on any atom is 0.300 e. The number of rotatable bonds is 48. The standard InChI is InChI=1S/C37H50N8O10.C31H49N5O7.C6H2ClN3O3/c1-25-33-31(23-37(2,3)24-32(33)46)44(41-25)26-6-7-27(36(38)47)29(22-26)40-11-5-13-51-15-17-53-19-21-54-20-18-52-16-14-50-12-4-10-39-28-8-9-30(45(48)49)35-34(28)42-55-43-35;1-23-29-27(21-31(2,3)22-28(29)37)36(35-23)24-6-7-25(30(33)38)26(20-24)34-9-5-11-40-13-15-42-17-19-43-18-16-41-14-12-39-10-4-8-32;7-3-1-2-4(10(11)12)6-5(3)8-13-9-6/h6-9,22,39-40H,4-5,10-21,23-24H2,1-3H3,(H2,38,47);6-7,20,34H,4-5,8-19,21-22,32H2,1-3H3,(H2,33,38);1-2H. The molecule has 0 fully saturated rings. The second kappa shape index (κ2) is 44.5. The second-order valence-electron chi connectivity index (χ2n) is 27.5. The molecule has 111 heavy (non-hydrogen) atoms. The number of nitrogens with two attached hydrogens (primary N) is 3. The Morgan fingerprint density at radius 2 is 0.793 bits per heavy atom. The summed E-state index contributed by atoms with van der Waals surface area (Å²) in [6, 6.07) is 16.3. The third kappa shape index (κ3) is 26.6. The fraction of sp³-hybridized carbons (Fsp3) is 0.541. The SMILES string of the molecule is Cc1nn(-c2ccc(C(N)=O)c(NCCCOCCOCCOCCOCCOCCCN)c2)c2c1C(=O)CC(C)(C)C2.Cc1nn(-c2ccc(C(N)=O)c(NCCCOCCOCCOCCOCCOCCCNc3ccc([N+](=O)[O-])c4nonc34)c2)c2c1C(=O)CC(C)(C)C2.O=[N+]([O-])c1ccc(Cl)c2nonc12. The summed E-state index contributed by atoms with van der Waals surface area (Å²) in [6.07, 6.45) is 5.46. The van der Waals surface area contributed by atoms with Gasteiger partial charge in [-0.15, -0.1) is 0 Å². The zero-order chi connectivity index (χ0) is 79.7. The number of hydrogen-bond donors (Lipinski definition) is 6. The largest absolute Gasteiger partial charge is 0.384 e. The van der Waals surface area contributed by atoms with E-state index in [2.05, 4.69) is 83.7 Å². The molecule has 2 amide bonds. The number of aromatic nitrogens is 8. The lowest BCUT2D eigenvalue weighted by atomic mass is 9.75. The molecule has 9 N–H and O–H groups in total. The van der Waals surface area contributed by atoms with E-state index in [0.29, 0.717) is 235 Å². The number of ether oxygens (including phenoxy) is 10. The van der Waals surface area contributed by atoms with Crippen molar-refractivity contribution in [3.8, 4) is 11.4 Å². The van der Waals surface area contributed by atoms with Gasteiger partial charge in [-0.1, -0.05) is 39.3 Å². The maximum atomic E-state index is 12.9. The van der Waals surface area contributed by atoms with Crippen LogP contribution < -0.4 is 33.2 Å². The Hall–Kier alpha value is -9.57. The van der Waals surface area contributed by atoms with E-state index in [1.807, 2.05) is 41.4 Å². The topological polar surface area (TPSA) is 474 Å². The number of amides is 2. The number of nitro benzene ring substituents is 2. The van der Waals surface area contributed by atoms with Gasteiger partial charge >= 0.3 is 11.4 Å². The van der Waals surface area contributed by atoms with E-state index in [1.54, 1.807) is 24.3 Å². The molecular formula is C74H101ClN16O20. The van der Waals surface area contributed by atoms with Gasteiger partial charge in [0.15, 0.2) is 22.6 Å². The van der Waals surface area contributed by atoms with E-state index in [1.165, 1.54) is 18.2 Å². The quantitative estimate of drug-likeness (QED) is 0.0118. The normalized spacial score (nSPS) is 13.5. The average Bonchev–Trinajstić information content (AvgIpc) is 1.63. The number of non-ortho nitro benzene ring substituents is 2. The van der Waals surface area contributed by atoms with E-state index in [0.717, 1.165) is 54.1 Å².